The van der Waals surface area contributed by atoms with Gasteiger partial charge in [-0.1, -0.05) is 31.5 Å². The van der Waals surface area contributed by atoms with Crippen molar-refractivity contribution < 1.29 is 4.79 Å². The Bertz CT molecular complexity index is 1350. The Kier molecular flexibility index (Phi) is 5.50. The average Bonchev–Trinajstić information content (AvgIpc) is 3.17. The normalized spacial score (nSPS) is 11.4. The van der Waals surface area contributed by atoms with Crippen molar-refractivity contribution in [3.63, 3.8) is 0 Å². The first-order chi connectivity index (χ1) is 14.8. The van der Waals surface area contributed by atoms with E-state index in [0.29, 0.717) is 21.5 Å². The molecule has 0 radical (unpaired) electrons. The van der Waals surface area contributed by atoms with Gasteiger partial charge in [0.2, 0.25) is 0 Å². The summed E-state index contributed by atoms with van der Waals surface area (Å²) in [5, 5.41) is 10.3. The fourth-order valence-corrected chi connectivity index (χ4v) is 3.67. The largest absolute Gasteiger partial charge is 0.293 e. The molecule has 0 saturated carbocycles. The number of benzene rings is 2. The molecule has 0 aliphatic heterocycles. The standard InChI is InChI=1S/C24H23ClN4O2/c1-14(2)22-20-12-26-29(19-10-5-15(3)16(4)11-19)23(20)24(31)28(27-22)13-21(30)17-6-8-18(25)9-7-17/h5-12,14H,13H2,1-4H3. The van der Waals surface area contributed by atoms with Gasteiger partial charge in [-0.15, -0.1) is 0 Å². The van der Waals surface area contributed by atoms with Crippen LogP contribution in [-0.4, -0.2) is 25.3 Å². The summed E-state index contributed by atoms with van der Waals surface area (Å²) in [4.78, 5) is 26.2. The molecule has 4 aromatic rings. The van der Waals surface area contributed by atoms with Gasteiger partial charge in [0, 0.05) is 16.0 Å². The number of ketones is 1. The Hall–Kier alpha value is -3.25. The highest BCUT2D eigenvalue weighted by Crippen LogP contribution is 2.24. The average molecular weight is 435 g/mol. The summed E-state index contributed by atoms with van der Waals surface area (Å²) in [5.41, 5.74) is 4.35. The molecule has 158 valence electrons. The maximum Gasteiger partial charge on any atom is 0.293 e. The second-order valence-corrected chi connectivity index (χ2v) is 8.46. The zero-order chi connectivity index (χ0) is 22.3. The minimum absolute atomic E-state index is 0.0531. The van der Waals surface area contributed by atoms with Crippen LogP contribution in [0.4, 0.5) is 0 Å². The number of aromatic nitrogens is 4. The topological polar surface area (TPSA) is 69.8 Å². The maximum absolute atomic E-state index is 13.4. The van der Waals surface area contributed by atoms with Crippen LogP contribution in [-0.2, 0) is 6.54 Å². The molecule has 0 N–H and O–H groups in total. The molecule has 0 spiro atoms. The van der Waals surface area contributed by atoms with Crippen LogP contribution in [0.2, 0.25) is 5.02 Å². The number of carbonyl (C=O) groups excluding carboxylic acids is 1. The van der Waals surface area contributed by atoms with Crippen molar-refractivity contribution >= 4 is 28.3 Å². The van der Waals surface area contributed by atoms with E-state index in [1.54, 1.807) is 35.1 Å². The molecule has 0 saturated heterocycles. The van der Waals surface area contributed by atoms with Gasteiger partial charge in [0.1, 0.15) is 12.1 Å². The molecular weight excluding hydrogens is 412 g/mol. The highest BCUT2D eigenvalue weighted by molar-refractivity contribution is 6.30. The van der Waals surface area contributed by atoms with Crippen LogP contribution >= 0.6 is 11.6 Å². The Morgan fingerprint density at radius 1 is 1.06 bits per heavy atom. The van der Waals surface area contributed by atoms with E-state index in [4.69, 9.17) is 11.6 Å². The van der Waals surface area contributed by atoms with Gasteiger partial charge in [-0.25, -0.2) is 9.36 Å². The molecule has 0 aliphatic carbocycles. The highest BCUT2D eigenvalue weighted by atomic mass is 35.5. The van der Waals surface area contributed by atoms with Crippen LogP contribution in [0.5, 0.6) is 0 Å². The molecular formula is C24H23ClN4O2. The van der Waals surface area contributed by atoms with Gasteiger partial charge in [-0.3, -0.25) is 9.59 Å². The van der Waals surface area contributed by atoms with E-state index in [-0.39, 0.29) is 23.8 Å². The van der Waals surface area contributed by atoms with Crippen molar-refractivity contribution in [2.75, 3.05) is 0 Å². The lowest BCUT2D eigenvalue weighted by Gasteiger charge is -2.12. The molecule has 0 fully saturated rings. The monoisotopic (exact) mass is 434 g/mol. The first-order valence-electron chi connectivity index (χ1n) is 10.1. The van der Waals surface area contributed by atoms with Crippen LogP contribution in [0, 0.1) is 13.8 Å². The van der Waals surface area contributed by atoms with Gasteiger partial charge in [0.25, 0.3) is 5.56 Å². The van der Waals surface area contributed by atoms with Crippen molar-refractivity contribution in [2.24, 2.45) is 0 Å². The third-order valence-corrected chi connectivity index (χ3v) is 5.70. The summed E-state index contributed by atoms with van der Waals surface area (Å²) in [7, 11) is 0. The fourth-order valence-electron chi connectivity index (χ4n) is 3.54. The van der Waals surface area contributed by atoms with Crippen LogP contribution in [0.3, 0.4) is 0 Å². The summed E-state index contributed by atoms with van der Waals surface area (Å²) in [6, 6.07) is 12.6. The predicted molar refractivity (Wildman–Crippen MR) is 122 cm³/mol. The number of halogens is 1. The SMILES string of the molecule is Cc1ccc(-n2ncc3c(C(C)C)nn(CC(=O)c4ccc(Cl)cc4)c(=O)c32)cc1C. The van der Waals surface area contributed by atoms with Crippen LogP contribution < -0.4 is 5.56 Å². The quantitative estimate of drug-likeness (QED) is 0.420. The molecule has 0 aliphatic rings. The van der Waals surface area contributed by atoms with Gasteiger partial charge in [0.15, 0.2) is 5.78 Å². The summed E-state index contributed by atoms with van der Waals surface area (Å²) < 4.78 is 2.88. The van der Waals surface area contributed by atoms with E-state index in [0.717, 1.165) is 22.5 Å². The maximum atomic E-state index is 13.4. The molecule has 7 heteroatoms. The van der Waals surface area contributed by atoms with E-state index in [1.807, 2.05) is 45.9 Å². The Morgan fingerprint density at radius 2 is 1.77 bits per heavy atom. The Labute approximate surface area is 185 Å². The van der Waals surface area contributed by atoms with Crippen molar-refractivity contribution in [2.45, 2.75) is 40.2 Å². The van der Waals surface area contributed by atoms with Crippen LogP contribution in [0.1, 0.15) is 46.9 Å². The minimum atomic E-state index is -0.350. The van der Waals surface area contributed by atoms with E-state index in [1.165, 1.54) is 4.68 Å². The summed E-state index contributed by atoms with van der Waals surface area (Å²) in [6.07, 6.45) is 1.68. The van der Waals surface area contributed by atoms with Gasteiger partial charge in [0.05, 0.1) is 17.6 Å². The number of fused-ring (bicyclic) bond motifs is 1. The summed E-state index contributed by atoms with van der Waals surface area (Å²) >= 11 is 5.92. The minimum Gasteiger partial charge on any atom is -0.292 e. The molecule has 0 bridgehead atoms. The first-order valence-corrected chi connectivity index (χ1v) is 10.5. The number of aryl methyl sites for hydroxylation is 2. The lowest BCUT2D eigenvalue weighted by atomic mass is 10.1. The molecule has 0 amide bonds. The lowest BCUT2D eigenvalue weighted by Crippen LogP contribution is -2.29. The van der Waals surface area contributed by atoms with E-state index >= 15 is 0 Å². The number of carbonyl (C=O) groups is 1. The molecule has 0 atom stereocenters. The molecule has 6 nitrogen and oxygen atoms in total. The first kappa shape index (κ1) is 21.0. The molecule has 4 rings (SSSR count). The third-order valence-electron chi connectivity index (χ3n) is 5.45. The number of rotatable bonds is 5. The Morgan fingerprint density at radius 3 is 2.42 bits per heavy atom. The summed E-state index contributed by atoms with van der Waals surface area (Å²) in [6.45, 7) is 7.91. The molecule has 2 aromatic carbocycles. The molecule has 2 heterocycles. The zero-order valence-corrected chi connectivity index (χ0v) is 18.6. The summed E-state index contributed by atoms with van der Waals surface area (Å²) in [5.74, 6) is -0.157. The van der Waals surface area contributed by atoms with Crippen LogP contribution in [0.25, 0.3) is 16.6 Å². The number of hydrogen-bond donors (Lipinski definition) is 0. The van der Waals surface area contributed by atoms with Gasteiger partial charge >= 0.3 is 0 Å². The number of nitrogens with zero attached hydrogens (tertiary/aromatic N) is 4. The van der Waals surface area contributed by atoms with Crippen molar-refractivity contribution in [3.8, 4) is 5.69 Å². The third kappa shape index (κ3) is 3.91. The smallest absolute Gasteiger partial charge is 0.292 e. The van der Waals surface area contributed by atoms with E-state index < -0.39 is 0 Å². The Balaban J connectivity index is 1.87. The van der Waals surface area contributed by atoms with Gasteiger partial charge < -0.3 is 0 Å². The lowest BCUT2D eigenvalue weighted by molar-refractivity contribution is 0.0965. The fraction of sp³-hybridized carbons (Fsp3) is 0.250. The highest BCUT2D eigenvalue weighted by Gasteiger charge is 2.20. The van der Waals surface area contributed by atoms with E-state index in [2.05, 4.69) is 10.2 Å². The molecule has 0 unspecified atom stereocenters. The van der Waals surface area contributed by atoms with Gasteiger partial charge in [-0.05, 0) is 67.3 Å². The molecule has 31 heavy (non-hydrogen) atoms. The predicted octanol–water partition coefficient (Wildman–Crippen LogP) is 4.86. The number of Topliss-reactive ketones (excluding diaryl/α,β-unsaturated/α-hetero) is 1. The van der Waals surface area contributed by atoms with E-state index in [9.17, 15) is 9.59 Å². The van der Waals surface area contributed by atoms with Crippen molar-refractivity contribution in [3.05, 3.63) is 86.4 Å². The van der Waals surface area contributed by atoms with Crippen molar-refractivity contribution in [1.82, 2.24) is 19.6 Å². The van der Waals surface area contributed by atoms with Crippen LogP contribution in [0.15, 0.2) is 53.5 Å². The zero-order valence-electron chi connectivity index (χ0n) is 17.9. The second kappa shape index (κ2) is 8.12. The van der Waals surface area contributed by atoms with Crippen molar-refractivity contribution in [1.29, 1.82) is 0 Å². The van der Waals surface area contributed by atoms with Gasteiger partial charge in [-0.2, -0.15) is 10.2 Å². The second-order valence-electron chi connectivity index (χ2n) is 8.02. The number of hydrogen-bond acceptors (Lipinski definition) is 4. The molecule has 2 aromatic heterocycles.